The maximum absolute atomic E-state index is 14.5. The van der Waals surface area contributed by atoms with E-state index in [-0.39, 0.29) is 5.57 Å². The zero-order valence-electron chi connectivity index (χ0n) is 17.6. The quantitative estimate of drug-likeness (QED) is 0.350. The summed E-state index contributed by atoms with van der Waals surface area (Å²) in [6.45, 7) is 20.4. The van der Waals surface area contributed by atoms with Crippen LogP contribution in [0.2, 0.25) is 0 Å². The molecule has 0 aliphatic heterocycles. The second kappa shape index (κ2) is 12.1. The van der Waals surface area contributed by atoms with Gasteiger partial charge in [-0.2, -0.15) is 0 Å². The van der Waals surface area contributed by atoms with E-state index in [9.17, 15) is 4.39 Å². The van der Waals surface area contributed by atoms with E-state index in [0.29, 0.717) is 18.6 Å². The number of hydrogen-bond acceptors (Lipinski definition) is 1. The summed E-state index contributed by atoms with van der Waals surface area (Å²) >= 11 is 0. The molecule has 28 heavy (non-hydrogen) atoms. The first-order valence-electron chi connectivity index (χ1n) is 9.65. The predicted octanol–water partition coefficient (Wildman–Crippen LogP) is 7.16. The smallest absolute Gasteiger partial charge is 0.130 e. The molecule has 0 N–H and O–H groups in total. The molecule has 0 bridgehead atoms. The van der Waals surface area contributed by atoms with Gasteiger partial charge in [0, 0.05) is 12.7 Å². The number of ether oxygens (including phenoxy) is 1. The highest BCUT2D eigenvalue weighted by Crippen LogP contribution is 2.23. The van der Waals surface area contributed by atoms with Crippen molar-refractivity contribution in [2.75, 3.05) is 13.7 Å². The second-order valence-electron chi connectivity index (χ2n) is 7.01. The van der Waals surface area contributed by atoms with E-state index in [0.717, 1.165) is 30.4 Å². The molecule has 0 spiro atoms. The van der Waals surface area contributed by atoms with Crippen molar-refractivity contribution >= 4 is 0 Å². The highest BCUT2D eigenvalue weighted by Gasteiger charge is 2.07. The second-order valence-corrected chi connectivity index (χ2v) is 7.01. The topological polar surface area (TPSA) is 9.23 Å². The highest BCUT2D eigenvalue weighted by molar-refractivity contribution is 5.48. The van der Waals surface area contributed by atoms with E-state index in [2.05, 4.69) is 51.4 Å². The third-order valence-electron chi connectivity index (χ3n) is 4.63. The third-order valence-corrected chi connectivity index (χ3v) is 4.63. The van der Waals surface area contributed by atoms with Gasteiger partial charge in [0.25, 0.3) is 0 Å². The summed E-state index contributed by atoms with van der Waals surface area (Å²) in [5.74, 6) is -0.398. The lowest BCUT2D eigenvalue weighted by molar-refractivity contribution is 0.202. The molecule has 150 valence electrons. The molecule has 0 atom stereocenters. The summed E-state index contributed by atoms with van der Waals surface area (Å²) in [7, 11) is 1.71. The zero-order valence-corrected chi connectivity index (χ0v) is 17.6. The Balaban J connectivity index is 2.73. The maximum atomic E-state index is 14.5. The molecule has 0 saturated carbocycles. The van der Waals surface area contributed by atoms with Gasteiger partial charge in [-0.25, -0.2) is 4.39 Å². The summed E-state index contributed by atoms with van der Waals surface area (Å²) in [4.78, 5) is 0. The van der Waals surface area contributed by atoms with Crippen LogP contribution in [0.25, 0.3) is 0 Å². The molecule has 1 aromatic carbocycles. The van der Waals surface area contributed by atoms with Crippen LogP contribution in [0.15, 0.2) is 90.9 Å². The van der Waals surface area contributed by atoms with Crippen LogP contribution in [0, 0.1) is 6.92 Å². The summed E-state index contributed by atoms with van der Waals surface area (Å²) in [5, 5.41) is 0. The molecule has 0 heterocycles. The van der Waals surface area contributed by atoms with Gasteiger partial charge in [0.2, 0.25) is 0 Å². The minimum atomic E-state index is -0.398. The van der Waals surface area contributed by atoms with Crippen LogP contribution in [-0.4, -0.2) is 13.7 Å². The standard InChI is InChI=1S/C26H33FO/c1-8-19(2)9-12-22(5)23(6)26(27)18-21(4)11-14-24-13-10-20(3)17-25(24)15-16-28-7/h9-10,12-13,17-18H,2,4-6,8,11,14-16H2,1,3,7H3/b12-9-,26-18+. The van der Waals surface area contributed by atoms with E-state index in [1.165, 1.54) is 22.8 Å². The first-order valence-corrected chi connectivity index (χ1v) is 9.65. The first-order chi connectivity index (χ1) is 13.3. The number of halogens is 1. The molecule has 0 aromatic heterocycles. The molecule has 0 amide bonds. The van der Waals surface area contributed by atoms with Gasteiger partial charge in [0.1, 0.15) is 5.83 Å². The maximum Gasteiger partial charge on any atom is 0.130 e. The molecule has 0 unspecified atom stereocenters. The molecule has 0 fully saturated rings. The molecule has 1 nitrogen and oxygen atoms in total. The predicted molar refractivity (Wildman–Crippen MR) is 120 cm³/mol. The van der Waals surface area contributed by atoms with Crippen molar-refractivity contribution in [3.05, 3.63) is 108 Å². The fourth-order valence-corrected chi connectivity index (χ4v) is 2.67. The lowest BCUT2D eigenvalue weighted by Gasteiger charge is -2.11. The lowest BCUT2D eigenvalue weighted by Crippen LogP contribution is -2.01. The number of methoxy groups -OCH3 is 1. The van der Waals surface area contributed by atoms with Crippen molar-refractivity contribution in [2.45, 2.75) is 39.5 Å². The number of hydrogen-bond donors (Lipinski definition) is 0. The van der Waals surface area contributed by atoms with Crippen LogP contribution >= 0.6 is 0 Å². The van der Waals surface area contributed by atoms with E-state index in [1.807, 2.05) is 13.0 Å². The Morgan fingerprint density at radius 2 is 1.75 bits per heavy atom. The van der Waals surface area contributed by atoms with E-state index < -0.39 is 5.83 Å². The molecule has 1 aromatic rings. The molecular formula is C26H33FO. The van der Waals surface area contributed by atoms with Crippen molar-refractivity contribution in [3.8, 4) is 0 Å². The number of rotatable bonds is 12. The molecule has 2 heteroatoms. The molecular weight excluding hydrogens is 347 g/mol. The zero-order chi connectivity index (χ0) is 21.1. The van der Waals surface area contributed by atoms with Gasteiger partial charge in [-0.05, 0) is 55.4 Å². The van der Waals surface area contributed by atoms with Crippen LogP contribution in [0.5, 0.6) is 0 Å². The Hall–Kier alpha value is -2.45. The normalized spacial score (nSPS) is 11.6. The number of aryl methyl sites for hydroxylation is 2. The van der Waals surface area contributed by atoms with Crippen LogP contribution in [0.3, 0.4) is 0 Å². The van der Waals surface area contributed by atoms with Crippen molar-refractivity contribution < 1.29 is 9.13 Å². The fraction of sp³-hybridized carbons (Fsp3) is 0.308. The van der Waals surface area contributed by atoms with E-state index in [1.54, 1.807) is 13.2 Å². The summed E-state index contributed by atoms with van der Waals surface area (Å²) < 4.78 is 19.7. The van der Waals surface area contributed by atoms with Gasteiger partial charge < -0.3 is 4.74 Å². The van der Waals surface area contributed by atoms with Crippen LogP contribution in [0.1, 0.15) is 36.5 Å². The van der Waals surface area contributed by atoms with Gasteiger partial charge >= 0.3 is 0 Å². The Morgan fingerprint density at radius 1 is 1.04 bits per heavy atom. The Kier molecular flexibility index (Phi) is 10.2. The minimum Gasteiger partial charge on any atom is -0.384 e. The van der Waals surface area contributed by atoms with E-state index >= 15 is 0 Å². The Bertz CT molecular complexity index is 793. The summed E-state index contributed by atoms with van der Waals surface area (Å²) in [6.07, 6.45) is 8.25. The van der Waals surface area contributed by atoms with Crippen LogP contribution in [0.4, 0.5) is 4.39 Å². The van der Waals surface area contributed by atoms with Crippen LogP contribution < -0.4 is 0 Å². The molecule has 1 rings (SSSR count). The molecule has 0 aliphatic carbocycles. The Labute approximate surface area is 170 Å². The van der Waals surface area contributed by atoms with Crippen molar-refractivity contribution in [1.82, 2.24) is 0 Å². The van der Waals surface area contributed by atoms with Crippen LogP contribution in [-0.2, 0) is 17.6 Å². The largest absolute Gasteiger partial charge is 0.384 e. The lowest BCUT2D eigenvalue weighted by atomic mass is 9.96. The highest BCUT2D eigenvalue weighted by atomic mass is 19.1. The molecule has 0 saturated heterocycles. The van der Waals surface area contributed by atoms with Gasteiger partial charge in [0.05, 0.1) is 6.61 Å². The first kappa shape index (κ1) is 23.6. The molecule has 0 radical (unpaired) electrons. The summed E-state index contributed by atoms with van der Waals surface area (Å²) in [6, 6.07) is 6.43. The Morgan fingerprint density at radius 3 is 2.39 bits per heavy atom. The number of allylic oxidation sites excluding steroid dienone is 8. The average Bonchev–Trinajstić information content (AvgIpc) is 2.68. The van der Waals surface area contributed by atoms with E-state index in [4.69, 9.17) is 4.74 Å². The van der Waals surface area contributed by atoms with Crippen molar-refractivity contribution in [1.29, 1.82) is 0 Å². The van der Waals surface area contributed by atoms with Gasteiger partial charge in [-0.15, -0.1) is 0 Å². The van der Waals surface area contributed by atoms with Gasteiger partial charge in [0.15, 0.2) is 0 Å². The average molecular weight is 381 g/mol. The minimum absolute atomic E-state index is 0.275. The number of benzene rings is 1. The SMILES string of the molecule is C=C(/C=C\C(=C)C(=C)/C(F)=C\C(=C)CCc1ccc(C)cc1CCOC)CC. The van der Waals surface area contributed by atoms with Gasteiger partial charge in [-0.1, -0.05) is 80.3 Å². The fourth-order valence-electron chi connectivity index (χ4n) is 2.67. The van der Waals surface area contributed by atoms with Crippen molar-refractivity contribution in [3.63, 3.8) is 0 Å². The third kappa shape index (κ3) is 8.06. The van der Waals surface area contributed by atoms with Gasteiger partial charge in [-0.3, -0.25) is 0 Å². The molecule has 0 aliphatic rings. The summed E-state index contributed by atoms with van der Waals surface area (Å²) in [5.41, 5.74) is 6.26. The monoisotopic (exact) mass is 380 g/mol. The van der Waals surface area contributed by atoms with Crippen molar-refractivity contribution in [2.24, 2.45) is 0 Å².